The summed E-state index contributed by atoms with van der Waals surface area (Å²) < 4.78 is 0. The van der Waals surface area contributed by atoms with Crippen molar-refractivity contribution in [3.05, 3.63) is 29.8 Å². The molecule has 2 N–H and O–H groups in total. The van der Waals surface area contributed by atoms with E-state index in [1.54, 1.807) is 24.3 Å². The number of likely N-dealkylation sites (N-methyl/N-ethyl adjacent to an activating group) is 1. The lowest BCUT2D eigenvalue weighted by molar-refractivity contribution is -0.145. The van der Waals surface area contributed by atoms with Gasteiger partial charge in [-0.25, -0.2) is 0 Å². The monoisotopic (exact) mass is 263 g/mol. The molecule has 0 spiro atoms. The second kappa shape index (κ2) is 4.38. The summed E-state index contributed by atoms with van der Waals surface area (Å²) in [6, 6.07) is 6.69. The fourth-order valence-corrected chi connectivity index (χ4v) is 2.64. The van der Waals surface area contributed by atoms with E-state index < -0.39 is 36.1 Å². The Labute approximate surface area is 109 Å². The third kappa shape index (κ3) is 1.95. The van der Waals surface area contributed by atoms with Crippen LogP contribution in [0.2, 0.25) is 0 Å². The van der Waals surface area contributed by atoms with Crippen molar-refractivity contribution in [2.24, 2.45) is 0 Å². The maximum atomic E-state index is 12.4. The van der Waals surface area contributed by atoms with E-state index in [9.17, 15) is 14.4 Å². The van der Waals surface area contributed by atoms with Crippen molar-refractivity contribution in [3.8, 4) is 0 Å². The summed E-state index contributed by atoms with van der Waals surface area (Å²) >= 11 is 0. The van der Waals surface area contributed by atoms with Crippen LogP contribution in [0, 0.1) is 0 Å². The van der Waals surface area contributed by atoms with Crippen LogP contribution >= 0.6 is 0 Å². The Morgan fingerprint density at radius 3 is 2.21 bits per heavy atom. The molecule has 2 rings (SSSR count). The standard InChI is InChI=1S/C13H13NO5/c1-14-9-5-3-2-4-8(9)13(12(14)19,6-10(15)16)7-11(17)18/h2-5H,6-7H2,1H3,(H,15,16)(H,17,18). The van der Waals surface area contributed by atoms with Crippen LogP contribution in [0.25, 0.3) is 0 Å². The second-order valence-electron chi connectivity index (χ2n) is 4.60. The molecule has 1 amide bonds. The fraction of sp³-hybridized carbons (Fsp3) is 0.308. The second-order valence-corrected chi connectivity index (χ2v) is 4.60. The quantitative estimate of drug-likeness (QED) is 0.839. The van der Waals surface area contributed by atoms with Gasteiger partial charge in [0.2, 0.25) is 5.91 Å². The number of para-hydroxylation sites is 1. The van der Waals surface area contributed by atoms with Crippen LogP contribution in [-0.4, -0.2) is 35.1 Å². The van der Waals surface area contributed by atoms with Gasteiger partial charge < -0.3 is 15.1 Å². The first-order valence-electron chi connectivity index (χ1n) is 5.70. The number of anilines is 1. The first-order valence-corrected chi connectivity index (χ1v) is 5.70. The molecule has 19 heavy (non-hydrogen) atoms. The maximum absolute atomic E-state index is 12.4. The Kier molecular flexibility index (Phi) is 3.01. The number of amides is 1. The summed E-state index contributed by atoms with van der Waals surface area (Å²) in [6.45, 7) is 0. The summed E-state index contributed by atoms with van der Waals surface area (Å²) in [5.41, 5.74) is -0.481. The molecule has 6 nitrogen and oxygen atoms in total. The molecule has 1 aliphatic rings. The summed E-state index contributed by atoms with van der Waals surface area (Å²) in [5, 5.41) is 18.0. The molecule has 0 aromatic heterocycles. The molecule has 1 aliphatic heterocycles. The summed E-state index contributed by atoms with van der Waals surface area (Å²) in [5.74, 6) is -2.88. The molecule has 0 atom stereocenters. The van der Waals surface area contributed by atoms with Crippen LogP contribution in [0.15, 0.2) is 24.3 Å². The molecule has 0 radical (unpaired) electrons. The smallest absolute Gasteiger partial charge is 0.304 e. The number of carboxylic acids is 2. The van der Waals surface area contributed by atoms with E-state index in [0.29, 0.717) is 11.3 Å². The van der Waals surface area contributed by atoms with Gasteiger partial charge >= 0.3 is 11.9 Å². The fourth-order valence-electron chi connectivity index (χ4n) is 2.64. The van der Waals surface area contributed by atoms with E-state index in [1.807, 2.05) is 0 Å². The highest BCUT2D eigenvalue weighted by atomic mass is 16.4. The number of rotatable bonds is 4. The molecule has 1 heterocycles. The lowest BCUT2D eigenvalue weighted by Crippen LogP contribution is -2.42. The molecule has 0 fully saturated rings. The lowest BCUT2D eigenvalue weighted by atomic mass is 9.76. The third-order valence-electron chi connectivity index (χ3n) is 3.40. The van der Waals surface area contributed by atoms with Gasteiger partial charge in [0.05, 0.1) is 18.3 Å². The van der Waals surface area contributed by atoms with Crippen molar-refractivity contribution in [3.63, 3.8) is 0 Å². The molecule has 100 valence electrons. The largest absolute Gasteiger partial charge is 0.481 e. The molecule has 0 aliphatic carbocycles. The summed E-state index contributed by atoms with van der Waals surface area (Å²) in [6.07, 6.45) is -1.06. The molecule has 1 aromatic carbocycles. The number of carbonyl (C=O) groups is 3. The van der Waals surface area contributed by atoms with Crippen LogP contribution in [-0.2, 0) is 19.8 Å². The van der Waals surface area contributed by atoms with Crippen molar-refractivity contribution in [1.29, 1.82) is 0 Å². The normalized spacial score (nSPS) is 16.3. The molecule has 1 aromatic rings. The van der Waals surface area contributed by atoms with Crippen molar-refractivity contribution >= 4 is 23.5 Å². The molecule has 0 saturated heterocycles. The molecule has 0 saturated carbocycles. The van der Waals surface area contributed by atoms with Crippen LogP contribution in [0.1, 0.15) is 18.4 Å². The van der Waals surface area contributed by atoms with Gasteiger partial charge in [0.1, 0.15) is 0 Å². The number of aliphatic carboxylic acids is 2. The van der Waals surface area contributed by atoms with E-state index in [0.717, 1.165) is 0 Å². The molecule has 0 bridgehead atoms. The van der Waals surface area contributed by atoms with Gasteiger partial charge in [-0.15, -0.1) is 0 Å². The minimum absolute atomic E-state index is 0.465. The van der Waals surface area contributed by atoms with Gasteiger partial charge in [0.25, 0.3) is 0 Å². The van der Waals surface area contributed by atoms with Crippen LogP contribution in [0.3, 0.4) is 0 Å². The van der Waals surface area contributed by atoms with E-state index in [-0.39, 0.29) is 0 Å². The first kappa shape index (κ1) is 13.1. The van der Waals surface area contributed by atoms with Crippen molar-refractivity contribution in [2.75, 3.05) is 11.9 Å². The number of benzene rings is 1. The summed E-state index contributed by atoms with van der Waals surface area (Å²) in [7, 11) is 1.52. The van der Waals surface area contributed by atoms with Gasteiger partial charge in [-0.05, 0) is 11.6 Å². The number of carbonyl (C=O) groups excluding carboxylic acids is 1. The number of hydrogen-bond donors (Lipinski definition) is 2. The number of fused-ring (bicyclic) bond motifs is 1. The molecular formula is C13H13NO5. The topological polar surface area (TPSA) is 94.9 Å². The highest BCUT2D eigenvalue weighted by Crippen LogP contribution is 2.45. The van der Waals surface area contributed by atoms with Gasteiger partial charge in [-0.1, -0.05) is 18.2 Å². The van der Waals surface area contributed by atoms with Crippen LogP contribution in [0.5, 0.6) is 0 Å². The maximum Gasteiger partial charge on any atom is 0.304 e. The Morgan fingerprint density at radius 2 is 1.68 bits per heavy atom. The average Bonchev–Trinajstić information content (AvgIpc) is 2.52. The van der Waals surface area contributed by atoms with Crippen LogP contribution < -0.4 is 4.90 Å². The van der Waals surface area contributed by atoms with Crippen molar-refractivity contribution in [1.82, 2.24) is 0 Å². The zero-order valence-corrected chi connectivity index (χ0v) is 10.3. The Hall–Kier alpha value is -2.37. The van der Waals surface area contributed by atoms with Gasteiger partial charge in [-0.2, -0.15) is 0 Å². The highest BCUT2D eigenvalue weighted by molar-refractivity contribution is 6.10. The van der Waals surface area contributed by atoms with E-state index in [2.05, 4.69) is 0 Å². The van der Waals surface area contributed by atoms with Crippen molar-refractivity contribution < 1.29 is 24.6 Å². The first-order chi connectivity index (χ1) is 8.88. The zero-order valence-electron chi connectivity index (χ0n) is 10.3. The van der Waals surface area contributed by atoms with Gasteiger partial charge in [0.15, 0.2) is 0 Å². The number of hydrogen-bond acceptors (Lipinski definition) is 3. The predicted octanol–water partition coefficient (Wildman–Crippen LogP) is 0.850. The molecule has 6 heteroatoms. The average molecular weight is 263 g/mol. The third-order valence-corrected chi connectivity index (χ3v) is 3.40. The Balaban J connectivity index is 2.62. The highest BCUT2D eigenvalue weighted by Gasteiger charge is 2.52. The van der Waals surface area contributed by atoms with E-state index in [1.165, 1.54) is 11.9 Å². The molecular weight excluding hydrogens is 250 g/mol. The van der Waals surface area contributed by atoms with E-state index >= 15 is 0 Å². The Bertz CT molecular complexity index is 550. The summed E-state index contributed by atoms with van der Waals surface area (Å²) in [4.78, 5) is 35.8. The predicted molar refractivity (Wildman–Crippen MR) is 66.0 cm³/mol. The van der Waals surface area contributed by atoms with Gasteiger partial charge in [-0.3, -0.25) is 14.4 Å². The van der Waals surface area contributed by atoms with E-state index in [4.69, 9.17) is 10.2 Å². The Morgan fingerprint density at radius 1 is 1.16 bits per heavy atom. The molecule has 0 unspecified atom stereocenters. The number of nitrogens with zero attached hydrogens (tertiary/aromatic N) is 1. The SMILES string of the molecule is CN1C(=O)C(CC(=O)O)(CC(=O)O)c2ccccc21. The minimum Gasteiger partial charge on any atom is -0.481 e. The van der Waals surface area contributed by atoms with Crippen molar-refractivity contribution in [2.45, 2.75) is 18.3 Å². The zero-order chi connectivity index (χ0) is 14.2. The number of carboxylic acid groups (broad SMARTS) is 2. The minimum atomic E-state index is -1.51. The lowest BCUT2D eigenvalue weighted by Gasteiger charge is -2.24. The van der Waals surface area contributed by atoms with Gasteiger partial charge in [0, 0.05) is 12.7 Å². The van der Waals surface area contributed by atoms with Crippen LogP contribution in [0.4, 0.5) is 5.69 Å².